The Morgan fingerprint density at radius 1 is 1.44 bits per heavy atom. The summed E-state index contributed by atoms with van der Waals surface area (Å²) in [6.45, 7) is 5.20. The summed E-state index contributed by atoms with van der Waals surface area (Å²) in [4.78, 5) is 11.6. The van der Waals surface area contributed by atoms with Gasteiger partial charge >= 0.3 is 0 Å². The zero-order chi connectivity index (χ0) is 13.7. The molecule has 0 aromatic heterocycles. The molecule has 1 aromatic carbocycles. The molecule has 1 unspecified atom stereocenters. The summed E-state index contributed by atoms with van der Waals surface area (Å²) in [5.74, 6) is -0.895. The molecule has 0 heterocycles. The summed E-state index contributed by atoms with van der Waals surface area (Å²) < 4.78 is 18.6. The summed E-state index contributed by atoms with van der Waals surface area (Å²) in [5, 5.41) is 11.5. The summed E-state index contributed by atoms with van der Waals surface area (Å²) >= 11 is 0. The number of nitrogens with zero attached hydrogens (tertiary/aromatic N) is 1. The lowest BCUT2D eigenvalue weighted by Gasteiger charge is -2.17. The number of carbonyl (C=O) groups is 1. The van der Waals surface area contributed by atoms with Crippen LogP contribution in [0.1, 0.15) is 26.3 Å². The van der Waals surface area contributed by atoms with Gasteiger partial charge in [-0.15, -0.1) is 0 Å². The lowest BCUT2D eigenvalue weighted by atomic mass is 10.2. The van der Waals surface area contributed by atoms with Crippen molar-refractivity contribution in [3.05, 3.63) is 29.6 Å². The highest BCUT2D eigenvalue weighted by Crippen LogP contribution is 2.21. The van der Waals surface area contributed by atoms with Crippen molar-refractivity contribution in [1.82, 2.24) is 5.32 Å². The summed E-state index contributed by atoms with van der Waals surface area (Å²) in [6, 6.07) is 5.77. The molecule has 5 heteroatoms. The van der Waals surface area contributed by atoms with Gasteiger partial charge in [-0.2, -0.15) is 5.26 Å². The monoisotopic (exact) mass is 250 g/mol. The Morgan fingerprint density at radius 2 is 2.11 bits per heavy atom. The molecule has 0 bridgehead atoms. The molecule has 0 aliphatic carbocycles. The Hall–Kier alpha value is -2.09. The summed E-state index contributed by atoms with van der Waals surface area (Å²) in [5.41, 5.74) is -0.193. The molecular weight excluding hydrogens is 235 g/mol. The second-order valence-corrected chi connectivity index (χ2v) is 4.15. The number of hydrogen-bond acceptors (Lipinski definition) is 3. The highest BCUT2D eigenvalue weighted by atomic mass is 19.1. The van der Waals surface area contributed by atoms with E-state index in [1.807, 2.05) is 13.8 Å². The van der Waals surface area contributed by atoms with Gasteiger partial charge in [0.1, 0.15) is 23.2 Å². The van der Waals surface area contributed by atoms with Gasteiger partial charge in [0.25, 0.3) is 5.91 Å². The Labute approximate surface area is 105 Å². The highest BCUT2D eigenvalue weighted by molar-refractivity contribution is 5.81. The number of ether oxygens (including phenoxy) is 1. The van der Waals surface area contributed by atoms with Gasteiger partial charge in [-0.1, -0.05) is 6.07 Å². The first-order valence-electron chi connectivity index (χ1n) is 5.61. The Bertz CT molecular complexity index is 480. The summed E-state index contributed by atoms with van der Waals surface area (Å²) in [6.07, 6.45) is -0.790. The number of amides is 1. The predicted octanol–water partition coefficient (Wildman–Crippen LogP) is 1.99. The minimum absolute atomic E-state index is 0.00787. The molecule has 0 spiro atoms. The normalized spacial score (nSPS) is 11.8. The first-order chi connectivity index (χ1) is 8.45. The van der Waals surface area contributed by atoms with Gasteiger partial charge in [0.05, 0.1) is 0 Å². The number of nitriles is 1. The molecule has 18 heavy (non-hydrogen) atoms. The SMILES string of the molecule is CC(C)NC(=O)C(C)Oc1cccc(F)c1C#N. The van der Waals surface area contributed by atoms with E-state index < -0.39 is 11.9 Å². The maximum absolute atomic E-state index is 13.3. The molecule has 0 radical (unpaired) electrons. The number of halogens is 1. The van der Waals surface area contributed by atoms with Crippen LogP contribution in [-0.2, 0) is 4.79 Å². The third-order valence-corrected chi connectivity index (χ3v) is 2.19. The van der Waals surface area contributed by atoms with E-state index in [-0.39, 0.29) is 23.3 Å². The van der Waals surface area contributed by atoms with Gasteiger partial charge in [-0.3, -0.25) is 4.79 Å². The summed E-state index contributed by atoms with van der Waals surface area (Å²) in [7, 11) is 0. The fourth-order valence-electron chi connectivity index (χ4n) is 1.36. The average molecular weight is 250 g/mol. The molecule has 0 aliphatic heterocycles. The van der Waals surface area contributed by atoms with Gasteiger partial charge in [0.2, 0.25) is 0 Å². The predicted molar refractivity (Wildman–Crippen MR) is 64.5 cm³/mol. The average Bonchev–Trinajstić information content (AvgIpc) is 2.28. The van der Waals surface area contributed by atoms with Crippen molar-refractivity contribution < 1.29 is 13.9 Å². The maximum Gasteiger partial charge on any atom is 0.260 e. The van der Waals surface area contributed by atoms with Crippen LogP contribution < -0.4 is 10.1 Å². The zero-order valence-corrected chi connectivity index (χ0v) is 10.5. The van der Waals surface area contributed by atoms with E-state index in [0.29, 0.717) is 0 Å². The van der Waals surface area contributed by atoms with Crippen molar-refractivity contribution in [2.45, 2.75) is 32.9 Å². The molecule has 0 fully saturated rings. The van der Waals surface area contributed by atoms with Crippen molar-refractivity contribution in [2.24, 2.45) is 0 Å². The van der Waals surface area contributed by atoms with Gasteiger partial charge in [0, 0.05) is 6.04 Å². The molecule has 96 valence electrons. The van der Waals surface area contributed by atoms with Crippen molar-refractivity contribution in [2.75, 3.05) is 0 Å². The first kappa shape index (κ1) is 14.0. The van der Waals surface area contributed by atoms with Crippen LogP contribution in [0.2, 0.25) is 0 Å². The van der Waals surface area contributed by atoms with E-state index in [4.69, 9.17) is 10.00 Å². The van der Waals surface area contributed by atoms with E-state index in [9.17, 15) is 9.18 Å². The third kappa shape index (κ3) is 3.45. The van der Waals surface area contributed by atoms with Gasteiger partial charge in [-0.05, 0) is 32.9 Å². The van der Waals surface area contributed by atoms with Crippen molar-refractivity contribution >= 4 is 5.91 Å². The molecule has 1 N–H and O–H groups in total. The van der Waals surface area contributed by atoms with Gasteiger partial charge in [-0.25, -0.2) is 4.39 Å². The minimum Gasteiger partial charge on any atom is -0.479 e. The van der Waals surface area contributed by atoms with Crippen LogP contribution in [0, 0.1) is 17.1 Å². The van der Waals surface area contributed by atoms with Crippen LogP contribution in [0.4, 0.5) is 4.39 Å². The van der Waals surface area contributed by atoms with E-state index in [0.717, 1.165) is 0 Å². The number of rotatable bonds is 4. The van der Waals surface area contributed by atoms with Crippen LogP contribution in [0.15, 0.2) is 18.2 Å². The number of hydrogen-bond donors (Lipinski definition) is 1. The van der Waals surface area contributed by atoms with Crippen LogP contribution >= 0.6 is 0 Å². The number of nitrogens with one attached hydrogen (secondary N) is 1. The van der Waals surface area contributed by atoms with Crippen LogP contribution in [0.3, 0.4) is 0 Å². The molecule has 1 aromatic rings. The third-order valence-electron chi connectivity index (χ3n) is 2.19. The molecule has 0 aliphatic rings. The molecule has 4 nitrogen and oxygen atoms in total. The Kier molecular flexibility index (Phi) is 4.67. The fourth-order valence-corrected chi connectivity index (χ4v) is 1.36. The lowest BCUT2D eigenvalue weighted by molar-refractivity contribution is -0.127. The lowest BCUT2D eigenvalue weighted by Crippen LogP contribution is -2.40. The zero-order valence-electron chi connectivity index (χ0n) is 10.5. The second kappa shape index (κ2) is 6.01. The van der Waals surface area contributed by atoms with Crippen LogP contribution in [0.5, 0.6) is 5.75 Å². The smallest absolute Gasteiger partial charge is 0.260 e. The number of benzene rings is 1. The molecular formula is C13H15FN2O2. The molecule has 1 atom stereocenters. The number of carbonyl (C=O) groups excluding carboxylic acids is 1. The molecule has 0 saturated heterocycles. The van der Waals surface area contributed by atoms with E-state index >= 15 is 0 Å². The first-order valence-corrected chi connectivity index (χ1v) is 5.61. The van der Waals surface area contributed by atoms with Crippen molar-refractivity contribution in [1.29, 1.82) is 5.26 Å². The standard InChI is InChI=1S/C13H15FN2O2/c1-8(2)16-13(17)9(3)18-12-6-4-5-11(14)10(12)7-15/h4-6,8-9H,1-3H3,(H,16,17). The fraction of sp³-hybridized carbons (Fsp3) is 0.385. The van der Waals surface area contributed by atoms with Crippen LogP contribution in [-0.4, -0.2) is 18.1 Å². The topological polar surface area (TPSA) is 62.1 Å². The largest absolute Gasteiger partial charge is 0.479 e. The highest BCUT2D eigenvalue weighted by Gasteiger charge is 2.18. The van der Waals surface area contributed by atoms with Crippen molar-refractivity contribution in [3.63, 3.8) is 0 Å². The quantitative estimate of drug-likeness (QED) is 0.888. The minimum atomic E-state index is -0.790. The molecule has 1 amide bonds. The van der Waals surface area contributed by atoms with Crippen molar-refractivity contribution in [3.8, 4) is 11.8 Å². The second-order valence-electron chi connectivity index (χ2n) is 4.15. The molecule has 0 saturated carbocycles. The Balaban J connectivity index is 2.83. The van der Waals surface area contributed by atoms with Gasteiger partial charge < -0.3 is 10.1 Å². The van der Waals surface area contributed by atoms with E-state index in [1.165, 1.54) is 18.2 Å². The Morgan fingerprint density at radius 3 is 2.67 bits per heavy atom. The van der Waals surface area contributed by atoms with Gasteiger partial charge in [0.15, 0.2) is 6.10 Å². The van der Waals surface area contributed by atoms with Crippen LogP contribution in [0.25, 0.3) is 0 Å². The van der Waals surface area contributed by atoms with E-state index in [2.05, 4.69) is 5.32 Å². The van der Waals surface area contributed by atoms with E-state index in [1.54, 1.807) is 13.0 Å². The molecule has 1 rings (SSSR count). The maximum atomic E-state index is 13.3.